The summed E-state index contributed by atoms with van der Waals surface area (Å²) in [7, 11) is 4.52. The molecule has 0 aliphatic heterocycles. The van der Waals surface area contributed by atoms with E-state index in [1.165, 1.54) is 45.7 Å². The van der Waals surface area contributed by atoms with Gasteiger partial charge in [0.05, 0.1) is 33.1 Å². The van der Waals surface area contributed by atoms with Crippen LogP contribution in [0.2, 0.25) is 0 Å². The van der Waals surface area contributed by atoms with E-state index in [9.17, 15) is 9.18 Å². The van der Waals surface area contributed by atoms with Gasteiger partial charge in [-0.25, -0.2) is 9.82 Å². The average molecular weight is 332 g/mol. The number of hydrogen-bond acceptors (Lipinski definition) is 5. The molecule has 0 heterocycles. The van der Waals surface area contributed by atoms with Crippen LogP contribution < -0.4 is 19.6 Å². The second kappa shape index (κ2) is 7.96. The average Bonchev–Trinajstić information content (AvgIpc) is 2.61. The van der Waals surface area contributed by atoms with E-state index in [0.29, 0.717) is 22.8 Å². The summed E-state index contributed by atoms with van der Waals surface area (Å²) in [5, 5.41) is 3.83. The first-order chi connectivity index (χ1) is 11.6. The lowest BCUT2D eigenvalue weighted by Gasteiger charge is -2.11. The lowest BCUT2D eigenvalue weighted by atomic mass is 10.2. The summed E-state index contributed by atoms with van der Waals surface area (Å²) < 4.78 is 29.2. The third-order valence-electron chi connectivity index (χ3n) is 3.22. The van der Waals surface area contributed by atoms with Gasteiger partial charge < -0.3 is 14.2 Å². The van der Waals surface area contributed by atoms with Crippen molar-refractivity contribution in [2.24, 2.45) is 5.10 Å². The van der Waals surface area contributed by atoms with Crippen molar-refractivity contribution in [1.82, 2.24) is 5.43 Å². The molecule has 0 aliphatic rings. The van der Waals surface area contributed by atoms with Crippen molar-refractivity contribution in [3.63, 3.8) is 0 Å². The quantitative estimate of drug-likeness (QED) is 0.652. The summed E-state index contributed by atoms with van der Waals surface area (Å²) in [5.41, 5.74) is 2.74. The zero-order valence-corrected chi connectivity index (χ0v) is 13.5. The Kier molecular flexibility index (Phi) is 5.73. The van der Waals surface area contributed by atoms with E-state index < -0.39 is 11.7 Å². The first-order valence-corrected chi connectivity index (χ1v) is 6.98. The highest BCUT2D eigenvalue weighted by Gasteiger charge is 2.12. The van der Waals surface area contributed by atoms with Crippen molar-refractivity contribution in [2.75, 3.05) is 21.3 Å². The third kappa shape index (κ3) is 3.81. The van der Waals surface area contributed by atoms with E-state index in [1.54, 1.807) is 18.2 Å². The number of nitrogens with zero attached hydrogens (tertiary/aromatic N) is 1. The number of carbonyl (C=O) groups is 1. The minimum atomic E-state index is -0.649. The minimum absolute atomic E-state index is 0.0890. The maximum Gasteiger partial charge on any atom is 0.274 e. The van der Waals surface area contributed by atoms with Crippen LogP contribution in [0.4, 0.5) is 4.39 Å². The molecular weight excluding hydrogens is 315 g/mol. The number of amides is 1. The highest BCUT2D eigenvalue weighted by Crippen LogP contribution is 2.33. The molecule has 2 rings (SSSR count). The molecule has 1 N–H and O–H groups in total. The second-order valence-electron chi connectivity index (χ2n) is 4.63. The van der Waals surface area contributed by atoms with Crippen molar-refractivity contribution >= 4 is 12.1 Å². The first-order valence-electron chi connectivity index (χ1n) is 6.98. The standard InChI is InChI=1S/C17H17FN2O4/c1-22-14-9-16(24-3)15(23-2)8-11(14)10-19-20-17(21)12-6-4-5-7-13(12)18/h4-10H,1-3H3,(H,20,21)/b19-10-. The Hall–Kier alpha value is -3.09. The Morgan fingerprint density at radius 3 is 2.29 bits per heavy atom. The second-order valence-corrected chi connectivity index (χ2v) is 4.63. The van der Waals surface area contributed by atoms with Crippen LogP contribution in [0.15, 0.2) is 41.5 Å². The summed E-state index contributed by atoms with van der Waals surface area (Å²) in [4.78, 5) is 11.9. The number of benzene rings is 2. The Labute approximate surface area is 138 Å². The van der Waals surface area contributed by atoms with Crippen LogP contribution in [-0.2, 0) is 0 Å². The van der Waals surface area contributed by atoms with Crippen LogP contribution in [0.5, 0.6) is 17.2 Å². The zero-order chi connectivity index (χ0) is 17.5. The molecule has 1 amide bonds. The maximum absolute atomic E-state index is 13.5. The van der Waals surface area contributed by atoms with Gasteiger partial charge in [-0.2, -0.15) is 5.10 Å². The molecule has 0 unspecified atom stereocenters. The van der Waals surface area contributed by atoms with Crippen molar-refractivity contribution < 1.29 is 23.4 Å². The Bertz CT molecular complexity index is 762. The molecule has 0 aromatic heterocycles. The summed E-state index contributed by atoms with van der Waals surface area (Å²) in [6.45, 7) is 0. The number of carbonyl (C=O) groups excluding carboxylic acids is 1. The first kappa shape index (κ1) is 17.3. The number of ether oxygens (including phenoxy) is 3. The topological polar surface area (TPSA) is 69.2 Å². The normalized spacial score (nSPS) is 10.5. The molecule has 0 spiro atoms. The molecule has 126 valence electrons. The number of hydrazone groups is 1. The molecule has 6 nitrogen and oxygen atoms in total. The molecule has 0 saturated heterocycles. The summed E-state index contributed by atoms with van der Waals surface area (Å²) in [6, 6.07) is 8.94. The van der Waals surface area contributed by atoms with E-state index in [0.717, 1.165) is 0 Å². The van der Waals surface area contributed by atoms with E-state index in [4.69, 9.17) is 14.2 Å². The van der Waals surface area contributed by atoms with Gasteiger partial charge in [-0.1, -0.05) is 12.1 Å². The molecule has 7 heteroatoms. The minimum Gasteiger partial charge on any atom is -0.496 e. The number of nitrogens with one attached hydrogen (secondary N) is 1. The van der Waals surface area contributed by atoms with Crippen LogP contribution in [0.25, 0.3) is 0 Å². The molecule has 2 aromatic rings. The summed E-state index contributed by atoms with van der Waals surface area (Å²) >= 11 is 0. The summed E-state index contributed by atoms with van der Waals surface area (Å²) in [5.74, 6) is 0.205. The third-order valence-corrected chi connectivity index (χ3v) is 3.22. The van der Waals surface area contributed by atoms with Gasteiger partial charge >= 0.3 is 0 Å². The van der Waals surface area contributed by atoms with Crippen molar-refractivity contribution in [3.05, 3.63) is 53.3 Å². The fourth-order valence-electron chi connectivity index (χ4n) is 2.02. The van der Waals surface area contributed by atoms with Gasteiger partial charge in [-0.15, -0.1) is 0 Å². The van der Waals surface area contributed by atoms with Crippen LogP contribution in [0.3, 0.4) is 0 Å². The molecular formula is C17H17FN2O4. The Morgan fingerprint density at radius 2 is 1.67 bits per heavy atom. The van der Waals surface area contributed by atoms with Gasteiger partial charge in [0.2, 0.25) is 0 Å². The largest absolute Gasteiger partial charge is 0.496 e. The molecule has 0 saturated carbocycles. The van der Waals surface area contributed by atoms with Gasteiger partial charge in [0.25, 0.3) is 5.91 Å². The predicted molar refractivity (Wildman–Crippen MR) is 87.6 cm³/mol. The molecule has 24 heavy (non-hydrogen) atoms. The zero-order valence-electron chi connectivity index (χ0n) is 13.5. The van der Waals surface area contributed by atoms with Crippen LogP contribution in [0.1, 0.15) is 15.9 Å². The van der Waals surface area contributed by atoms with Crippen LogP contribution >= 0.6 is 0 Å². The van der Waals surface area contributed by atoms with Gasteiger partial charge in [0, 0.05) is 11.6 Å². The van der Waals surface area contributed by atoms with Gasteiger partial charge in [-0.3, -0.25) is 4.79 Å². The van der Waals surface area contributed by atoms with Gasteiger partial charge in [-0.05, 0) is 18.2 Å². The fourth-order valence-corrected chi connectivity index (χ4v) is 2.02. The van der Waals surface area contributed by atoms with Gasteiger partial charge in [0.1, 0.15) is 11.6 Å². The number of hydrogen-bond donors (Lipinski definition) is 1. The monoisotopic (exact) mass is 332 g/mol. The van der Waals surface area contributed by atoms with Crippen molar-refractivity contribution in [1.29, 1.82) is 0 Å². The number of halogens is 1. The molecule has 0 fully saturated rings. The van der Waals surface area contributed by atoms with Crippen LogP contribution in [0, 0.1) is 5.82 Å². The molecule has 0 atom stereocenters. The lowest BCUT2D eigenvalue weighted by molar-refractivity contribution is 0.0951. The maximum atomic E-state index is 13.5. The molecule has 0 aliphatic carbocycles. The van der Waals surface area contributed by atoms with Crippen molar-refractivity contribution in [2.45, 2.75) is 0 Å². The highest BCUT2D eigenvalue weighted by atomic mass is 19.1. The van der Waals surface area contributed by atoms with Gasteiger partial charge in [0.15, 0.2) is 11.5 Å². The fraction of sp³-hybridized carbons (Fsp3) is 0.176. The van der Waals surface area contributed by atoms with E-state index in [2.05, 4.69) is 10.5 Å². The smallest absolute Gasteiger partial charge is 0.274 e. The van der Waals surface area contributed by atoms with E-state index >= 15 is 0 Å². The molecule has 0 bridgehead atoms. The number of rotatable bonds is 6. The highest BCUT2D eigenvalue weighted by molar-refractivity contribution is 5.95. The molecule has 2 aromatic carbocycles. The SMILES string of the molecule is COc1cc(OC)c(OC)cc1/C=N\NC(=O)c1ccccc1F. The lowest BCUT2D eigenvalue weighted by Crippen LogP contribution is -2.19. The molecule has 0 radical (unpaired) electrons. The number of methoxy groups -OCH3 is 3. The predicted octanol–water partition coefficient (Wildman–Crippen LogP) is 2.62. The Balaban J connectivity index is 2.19. The van der Waals surface area contributed by atoms with E-state index in [1.807, 2.05) is 0 Å². The van der Waals surface area contributed by atoms with E-state index in [-0.39, 0.29) is 5.56 Å². The van der Waals surface area contributed by atoms with Crippen molar-refractivity contribution in [3.8, 4) is 17.2 Å². The summed E-state index contributed by atoms with van der Waals surface area (Å²) in [6.07, 6.45) is 1.37. The van der Waals surface area contributed by atoms with Crippen LogP contribution in [-0.4, -0.2) is 33.5 Å². The Morgan fingerprint density at radius 1 is 1.04 bits per heavy atom.